The van der Waals surface area contributed by atoms with Crippen molar-refractivity contribution in [3.63, 3.8) is 0 Å². The fourth-order valence-electron chi connectivity index (χ4n) is 1.65. The van der Waals surface area contributed by atoms with Gasteiger partial charge in [-0.05, 0) is 0 Å². The van der Waals surface area contributed by atoms with Crippen LogP contribution in [-0.4, -0.2) is 25.7 Å². The van der Waals surface area contributed by atoms with E-state index in [2.05, 4.69) is 36.1 Å². The monoisotopic (exact) mass is 292 g/mol. The summed E-state index contributed by atoms with van der Waals surface area (Å²) in [6.45, 7) is 3.45. The minimum absolute atomic E-state index is 0.533. The van der Waals surface area contributed by atoms with E-state index >= 15 is 0 Å². The van der Waals surface area contributed by atoms with Crippen molar-refractivity contribution in [2.45, 2.75) is 31.2 Å². The molecule has 88 valence electrons. The second kappa shape index (κ2) is 5.10. The van der Waals surface area contributed by atoms with E-state index < -0.39 is 5.60 Å². The van der Waals surface area contributed by atoms with Gasteiger partial charge < -0.3 is 0 Å². The van der Waals surface area contributed by atoms with Crippen molar-refractivity contribution in [1.82, 2.24) is 0 Å². The molecular weight excluding hydrogens is 275 g/mol. The zero-order valence-corrected chi connectivity index (χ0v) is 11.9. The van der Waals surface area contributed by atoms with Gasteiger partial charge in [-0.1, -0.05) is 0 Å². The standard InChI is InChI=1S/C15H16OSe/c1-15(2,16)10-8-13-9-11-17-14(13)12-6-4-3-5-7-12/h3-7,16H,9,11H2,1-2H3. The molecule has 0 fully saturated rings. The van der Waals surface area contributed by atoms with Crippen molar-refractivity contribution in [3.8, 4) is 11.8 Å². The predicted octanol–water partition coefficient (Wildman–Crippen LogP) is 2.70. The summed E-state index contributed by atoms with van der Waals surface area (Å²) in [6.07, 6.45) is 1.06. The van der Waals surface area contributed by atoms with Crippen LogP contribution in [0.2, 0.25) is 5.32 Å². The molecule has 0 saturated carbocycles. The predicted molar refractivity (Wildman–Crippen MR) is 72.6 cm³/mol. The molecule has 0 amide bonds. The van der Waals surface area contributed by atoms with Gasteiger partial charge in [-0.2, -0.15) is 0 Å². The summed E-state index contributed by atoms with van der Waals surface area (Å²) in [5.41, 5.74) is 1.62. The molecule has 0 spiro atoms. The van der Waals surface area contributed by atoms with Crippen LogP contribution in [-0.2, 0) is 0 Å². The molecule has 1 aromatic carbocycles. The first-order chi connectivity index (χ1) is 8.06. The molecule has 1 aromatic rings. The van der Waals surface area contributed by atoms with Crippen molar-refractivity contribution in [2.24, 2.45) is 0 Å². The van der Waals surface area contributed by atoms with Crippen LogP contribution in [0, 0.1) is 11.8 Å². The van der Waals surface area contributed by atoms with Crippen LogP contribution in [0.15, 0.2) is 35.9 Å². The Bertz CT molecular complexity index is 483. The summed E-state index contributed by atoms with van der Waals surface area (Å²) in [7, 11) is 0. The molecule has 0 aliphatic carbocycles. The molecule has 0 bridgehead atoms. The minimum atomic E-state index is -0.898. The molecule has 1 heterocycles. The van der Waals surface area contributed by atoms with Crippen molar-refractivity contribution in [3.05, 3.63) is 41.5 Å². The molecular formula is C15H16OSe. The Hall–Kier alpha value is -1.00. The molecule has 1 aliphatic rings. The summed E-state index contributed by atoms with van der Waals surface area (Å²) < 4.78 is 1.41. The maximum atomic E-state index is 9.64. The number of rotatable bonds is 1. The maximum absolute atomic E-state index is 9.64. The fourth-order valence-corrected chi connectivity index (χ4v) is 4.04. The average molecular weight is 291 g/mol. The third-order valence-corrected chi connectivity index (χ3v) is 4.90. The van der Waals surface area contributed by atoms with Crippen molar-refractivity contribution in [2.75, 3.05) is 0 Å². The van der Waals surface area contributed by atoms with E-state index in [4.69, 9.17) is 0 Å². The summed E-state index contributed by atoms with van der Waals surface area (Å²) in [5.74, 6) is 6.09. The van der Waals surface area contributed by atoms with Gasteiger partial charge in [-0.15, -0.1) is 0 Å². The Morgan fingerprint density at radius 2 is 1.94 bits per heavy atom. The summed E-state index contributed by atoms with van der Waals surface area (Å²) in [5, 5.41) is 10.9. The summed E-state index contributed by atoms with van der Waals surface area (Å²) in [6, 6.07) is 10.5. The Labute approximate surface area is 109 Å². The molecule has 2 heteroatoms. The molecule has 0 unspecified atom stereocenters. The summed E-state index contributed by atoms with van der Waals surface area (Å²) in [4.78, 5) is 0. The number of allylic oxidation sites excluding steroid dienone is 1. The van der Waals surface area contributed by atoms with Gasteiger partial charge in [-0.25, -0.2) is 0 Å². The van der Waals surface area contributed by atoms with E-state index in [1.165, 1.54) is 20.9 Å². The molecule has 0 atom stereocenters. The van der Waals surface area contributed by atoms with Gasteiger partial charge in [0.25, 0.3) is 0 Å². The zero-order chi connectivity index (χ0) is 12.3. The van der Waals surface area contributed by atoms with Crippen LogP contribution >= 0.6 is 0 Å². The van der Waals surface area contributed by atoms with Crippen molar-refractivity contribution < 1.29 is 5.11 Å². The van der Waals surface area contributed by atoms with Crippen molar-refractivity contribution in [1.29, 1.82) is 0 Å². The molecule has 1 nitrogen and oxygen atoms in total. The second-order valence-electron chi connectivity index (χ2n) is 4.58. The van der Waals surface area contributed by atoms with Gasteiger partial charge in [-0.3, -0.25) is 0 Å². The first-order valence-corrected chi connectivity index (χ1v) is 7.80. The van der Waals surface area contributed by atoms with Gasteiger partial charge in [0, 0.05) is 0 Å². The third-order valence-electron chi connectivity index (χ3n) is 2.43. The fraction of sp³-hybridized carbons (Fsp3) is 0.333. The second-order valence-corrected chi connectivity index (χ2v) is 6.90. The van der Waals surface area contributed by atoms with Gasteiger partial charge in [0.2, 0.25) is 0 Å². The average Bonchev–Trinajstić information content (AvgIpc) is 2.75. The van der Waals surface area contributed by atoms with Gasteiger partial charge in [0.15, 0.2) is 0 Å². The quantitative estimate of drug-likeness (QED) is 0.623. The Kier molecular flexibility index (Phi) is 3.74. The van der Waals surface area contributed by atoms with Crippen LogP contribution in [0.1, 0.15) is 25.8 Å². The van der Waals surface area contributed by atoms with E-state index in [0.29, 0.717) is 15.0 Å². The molecule has 17 heavy (non-hydrogen) atoms. The van der Waals surface area contributed by atoms with Gasteiger partial charge in [0.1, 0.15) is 0 Å². The van der Waals surface area contributed by atoms with Gasteiger partial charge >= 0.3 is 109 Å². The SMILES string of the molecule is CC(C)(O)C#CC1=C(c2ccccc2)[Se]CC1. The third kappa shape index (κ3) is 3.48. The van der Waals surface area contributed by atoms with Crippen LogP contribution in [0.4, 0.5) is 0 Å². The molecule has 0 saturated heterocycles. The van der Waals surface area contributed by atoms with E-state index in [9.17, 15) is 5.11 Å². The number of aliphatic hydroxyl groups is 1. The molecule has 0 radical (unpaired) electrons. The van der Waals surface area contributed by atoms with Crippen LogP contribution < -0.4 is 0 Å². The summed E-state index contributed by atoms with van der Waals surface area (Å²) >= 11 is 0.533. The molecule has 1 N–H and O–H groups in total. The number of hydrogen-bond acceptors (Lipinski definition) is 1. The molecule has 1 aliphatic heterocycles. The van der Waals surface area contributed by atoms with E-state index in [1.807, 2.05) is 6.07 Å². The van der Waals surface area contributed by atoms with E-state index in [-0.39, 0.29) is 0 Å². The van der Waals surface area contributed by atoms with Crippen LogP contribution in [0.5, 0.6) is 0 Å². The number of hydrogen-bond donors (Lipinski definition) is 1. The van der Waals surface area contributed by atoms with Crippen molar-refractivity contribution >= 4 is 19.4 Å². The topological polar surface area (TPSA) is 20.2 Å². The first kappa shape index (κ1) is 12.5. The normalized spacial score (nSPS) is 15.7. The zero-order valence-electron chi connectivity index (χ0n) is 10.2. The number of benzene rings is 1. The first-order valence-electron chi connectivity index (χ1n) is 5.73. The molecule has 0 aromatic heterocycles. The Balaban J connectivity index is 2.34. The Morgan fingerprint density at radius 3 is 2.59 bits per heavy atom. The molecule has 2 rings (SSSR count). The van der Waals surface area contributed by atoms with Crippen LogP contribution in [0.25, 0.3) is 4.47 Å². The van der Waals surface area contributed by atoms with E-state index in [1.54, 1.807) is 13.8 Å². The Morgan fingerprint density at radius 1 is 1.24 bits per heavy atom. The van der Waals surface area contributed by atoms with Gasteiger partial charge in [0.05, 0.1) is 0 Å². The van der Waals surface area contributed by atoms with E-state index in [0.717, 1.165) is 6.42 Å². The van der Waals surface area contributed by atoms with Crippen LogP contribution in [0.3, 0.4) is 0 Å².